The van der Waals surface area contributed by atoms with Gasteiger partial charge in [0.2, 0.25) is 5.60 Å². The summed E-state index contributed by atoms with van der Waals surface area (Å²) in [6.45, 7) is 19.8. The van der Waals surface area contributed by atoms with Gasteiger partial charge in [-0.05, 0) is 43.9 Å². The fourth-order valence-corrected chi connectivity index (χ4v) is 5.29. The summed E-state index contributed by atoms with van der Waals surface area (Å²) in [5, 5.41) is 0. The Morgan fingerprint density at radius 1 is 0.625 bits per heavy atom. The molecule has 0 aliphatic heterocycles. The first kappa shape index (κ1) is 38.9. The van der Waals surface area contributed by atoms with Gasteiger partial charge < -0.3 is 9.47 Å². The van der Waals surface area contributed by atoms with Crippen molar-refractivity contribution in [3.05, 3.63) is 0 Å². The fourth-order valence-electron chi connectivity index (χ4n) is 5.29. The summed E-state index contributed by atoms with van der Waals surface area (Å²) in [6.07, 6.45) is 13.7. The van der Waals surface area contributed by atoms with Crippen molar-refractivity contribution in [3.8, 4) is 0 Å². The number of ether oxygens (including phenoxy) is 2. The Morgan fingerprint density at radius 2 is 1.12 bits per heavy atom. The van der Waals surface area contributed by atoms with Crippen molar-refractivity contribution in [3.63, 3.8) is 0 Å². The minimum Gasteiger partial charge on any atom is -0.463 e. The van der Waals surface area contributed by atoms with Gasteiger partial charge in [0.05, 0.1) is 13.2 Å². The number of unbranched alkanes of at least 4 members (excludes halogenated alkanes) is 4. The third-order valence-corrected chi connectivity index (χ3v) is 8.57. The van der Waals surface area contributed by atoms with Crippen molar-refractivity contribution in [2.75, 3.05) is 13.2 Å². The van der Waals surface area contributed by atoms with Crippen LogP contribution in [0, 0.1) is 17.3 Å². The van der Waals surface area contributed by atoms with Gasteiger partial charge in [-0.15, -0.1) is 0 Å². The second kappa shape index (κ2) is 22.5. The van der Waals surface area contributed by atoms with E-state index in [0.29, 0.717) is 37.9 Å². The summed E-state index contributed by atoms with van der Waals surface area (Å²) < 4.78 is 11.8. The maximum atomic E-state index is 14.0. The Bertz CT molecular complexity index is 648. The van der Waals surface area contributed by atoms with Crippen LogP contribution in [-0.4, -0.2) is 36.9 Å². The average Bonchev–Trinajstić information content (AvgIpc) is 2.94. The second-order valence-electron chi connectivity index (χ2n) is 12.4. The van der Waals surface area contributed by atoms with Crippen molar-refractivity contribution in [2.45, 2.75) is 177 Å². The number of carbonyl (C=O) groups excluding carboxylic acids is 2. The van der Waals surface area contributed by atoms with Crippen molar-refractivity contribution >= 4 is 11.9 Å². The molecule has 6 nitrogen and oxygen atoms in total. The molecule has 0 aliphatic rings. The molecule has 0 aromatic heterocycles. The molecule has 0 saturated carbocycles. The van der Waals surface area contributed by atoms with E-state index in [0.717, 1.165) is 89.9 Å². The number of hydrogen-bond acceptors (Lipinski definition) is 6. The topological polar surface area (TPSA) is 71.1 Å². The maximum Gasteiger partial charge on any atom is 0.342 e. The molecule has 4 unspecified atom stereocenters. The van der Waals surface area contributed by atoms with Crippen molar-refractivity contribution in [1.82, 2.24) is 0 Å². The SMILES string of the molecule is CCCCC(CC)COC(=O)C(CCCC)OOC(CCCC)(C(=O)OCC(CC)CCCC)C(C)(C)CCC. The van der Waals surface area contributed by atoms with Gasteiger partial charge in [0.25, 0.3) is 0 Å². The molecule has 0 heterocycles. The van der Waals surface area contributed by atoms with Gasteiger partial charge in [-0.2, -0.15) is 0 Å². The van der Waals surface area contributed by atoms with E-state index in [-0.39, 0.29) is 5.97 Å². The lowest BCUT2D eigenvalue weighted by Crippen LogP contribution is -2.55. The molecule has 0 N–H and O–H groups in total. The summed E-state index contributed by atoms with van der Waals surface area (Å²) in [5.41, 5.74) is -1.86. The molecule has 0 saturated heterocycles. The van der Waals surface area contributed by atoms with Crippen LogP contribution in [0.1, 0.15) is 165 Å². The molecular formula is C34H66O6. The van der Waals surface area contributed by atoms with Crippen LogP contribution in [0.4, 0.5) is 0 Å². The second-order valence-corrected chi connectivity index (χ2v) is 12.4. The molecule has 0 aromatic rings. The first-order valence-corrected chi connectivity index (χ1v) is 16.8. The average molecular weight is 571 g/mol. The number of carbonyl (C=O) groups is 2. The minimum absolute atomic E-state index is 0.328. The van der Waals surface area contributed by atoms with E-state index >= 15 is 0 Å². The summed E-state index contributed by atoms with van der Waals surface area (Å²) in [4.78, 5) is 39.5. The van der Waals surface area contributed by atoms with Crippen LogP contribution < -0.4 is 0 Å². The summed E-state index contributed by atoms with van der Waals surface area (Å²) in [7, 11) is 0. The zero-order valence-corrected chi connectivity index (χ0v) is 27.9. The lowest BCUT2D eigenvalue weighted by molar-refractivity contribution is -0.395. The van der Waals surface area contributed by atoms with E-state index in [9.17, 15) is 9.59 Å². The number of esters is 2. The highest BCUT2D eigenvalue weighted by molar-refractivity contribution is 5.81. The molecular weight excluding hydrogens is 504 g/mol. The monoisotopic (exact) mass is 570 g/mol. The van der Waals surface area contributed by atoms with Crippen molar-refractivity contribution < 1.29 is 28.8 Å². The first-order valence-electron chi connectivity index (χ1n) is 16.8. The predicted octanol–water partition coefficient (Wildman–Crippen LogP) is 9.77. The minimum atomic E-state index is -1.31. The Balaban J connectivity index is 5.97. The Morgan fingerprint density at radius 3 is 1.60 bits per heavy atom. The van der Waals surface area contributed by atoms with Gasteiger partial charge in [0, 0.05) is 5.41 Å². The van der Waals surface area contributed by atoms with Crippen LogP contribution >= 0.6 is 0 Å². The smallest absolute Gasteiger partial charge is 0.342 e. The van der Waals surface area contributed by atoms with Gasteiger partial charge in [0.1, 0.15) is 0 Å². The van der Waals surface area contributed by atoms with Gasteiger partial charge in [-0.1, -0.05) is 133 Å². The summed E-state index contributed by atoms with van der Waals surface area (Å²) in [6, 6.07) is 0. The normalized spacial score (nSPS) is 15.7. The third kappa shape index (κ3) is 13.7. The van der Waals surface area contributed by atoms with Crippen LogP contribution in [0.3, 0.4) is 0 Å². The first-order chi connectivity index (χ1) is 19.1. The molecule has 238 valence electrons. The molecule has 0 spiro atoms. The molecule has 0 radical (unpaired) electrons. The Hall–Kier alpha value is -1.14. The van der Waals surface area contributed by atoms with E-state index < -0.39 is 23.1 Å². The molecule has 4 atom stereocenters. The summed E-state index contributed by atoms with van der Waals surface area (Å²) >= 11 is 0. The quantitative estimate of drug-likeness (QED) is 0.0585. The molecule has 0 bridgehead atoms. The Kier molecular flexibility index (Phi) is 21.8. The maximum absolute atomic E-state index is 14.0. The third-order valence-electron chi connectivity index (χ3n) is 8.57. The lowest BCUT2D eigenvalue weighted by atomic mass is 9.69. The largest absolute Gasteiger partial charge is 0.463 e. The highest BCUT2D eigenvalue weighted by Gasteiger charge is 2.55. The molecule has 0 amide bonds. The standard InChI is InChI=1S/C34H66O6/c1-10-17-21-28(15-6)26-37-31(35)30(23-19-12-3)39-40-34(25-20-13-4,33(8,9)24-14-5)32(36)38-27-29(16-7)22-18-11-2/h28-30H,10-27H2,1-9H3. The van der Waals surface area contributed by atoms with Crippen molar-refractivity contribution in [1.29, 1.82) is 0 Å². The lowest BCUT2D eigenvalue weighted by Gasteiger charge is -2.43. The molecule has 40 heavy (non-hydrogen) atoms. The van der Waals surface area contributed by atoms with Crippen molar-refractivity contribution in [2.24, 2.45) is 17.3 Å². The van der Waals surface area contributed by atoms with Gasteiger partial charge >= 0.3 is 11.9 Å². The molecule has 0 fully saturated rings. The molecule has 0 aromatic carbocycles. The molecule has 0 rings (SSSR count). The van der Waals surface area contributed by atoms with Gasteiger partial charge in [0.15, 0.2) is 6.10 Å². The van der Waals surface area contributed by atoms with Crippen LogP contribution in [-0.2, 0) is 28.8 Å². The Labute approximate surface area is 247 Å². The number of rotatable bonds is 26. The highest BCUT2D eigenvalue weighted by Crippen LogP contribution is 2.44. The molecule has 0 aliphatic carbocycles. The van der Waals surface area contributed by atoms with E-state index in [1.807, 2.05) is 0 Å². The number of hydrogen-bond donors (Lipinski definition) is 0. The fraction of sp³-hybridized carbons (Fsp3) is 0.941. The molecule has 6 heteroatoms. The van der Waals surface area contributed by atoms with E-state index in [1.165, 1.54) is 0 Å². The van der Waals surface area contributed by atoms with Crippen LogP contribution in [0.15, 0.2) is 0 Å². The van der Waals surface area contributed by atoms with E-state index in [2.05, 4.69) is 62.3 Å². The summed E-state index contributed by atoms with van der Waals surface area (Å²) in [5.74, 6) is -0.102. The highest BCUT2D eigenvalue weighted by atomic mass is 17.2. The van der Waals surface area contributed by atoms with Crippen LogP contribution in [0.5, 0.6) is 0 Å². The van der Waals surface area contributed by atoms with Crippen LogP contribution in [0.2, 0.25) is 0 Å². The zero-order valence-electron chi connectivity index (χ0n) is 27.9. The van der Waals surface area contributed by atoms with E-state index in [4.69, 9.17) is 19.2 Å². The van der Waals surface area contributed by atoms with Gasteiger partial charge in [-0.3, -0.25) is 0 Å². The van der Waals surface area contributed by atoms with Gasteiger partial charge in [-0.25, -0.2) is 19.4 Å². The zero-order chi connectivity index (χ0) is 30.4. The predicted molar refractivity (Wildman–Crippen MR) is 165 cm³/mol. The van der Waals surface area contributed by atoms with Crippen LogP contribution in [0.25, 0.3) is 0 Å². The van der Waals surface area contributed by atoms with E-state index in [1.54, 1.807) is 0 Å².